The standard InChI is InChI=1S/C22H29N3O3S/c1-16-11-13-25(15-16)20-7-5-19(6-8-20)24-22(26)10-12-23-29(27,28)21-9-4-17(2)18(3)14-21/h4-9,14,16,23H,10-13,15H2,1-3H3,(H,24,26). The van der Waals surface area contributed by atoms with E-state index >= 15 is 0 Å². The van der Waals surface area contributed by atoms with Crippen LogP contribution in [-0.4, -0.2) is 34.0 Å². The molecule has 156 valence electrons. The normalized spacial score (nSPS) is 16.8. The maximum Gasteiger partial charge on any atom is 0.240 e. The summed E-state index contributed by atoms with van der Waals surface area (Å²) in [4.78, 5) is 14.7. The molecule has 7 heteroatoms. The van der Waals surface area contributed by atoms with Gasteiger partial charge in [-0.05, 0) is 73.7 Å². The number of hydrogen-bond acceptors (Lipinski definition) is 4. The van der Waals surface area contributed by atoms with Crippen molar-refractivity contribution < 1.29 is 13.2 Å². The molecule has 0 bridgehead atoms. The first-order valence-electron chi connectivity index (χ1n) is 9.96. The Morgan fingerprint density at radius 1 is 1.10 bits per heavy atom. The maximum atomic E-state index is 12.4. The van der Waals surface area contributed by atoms with Crippen LogP contribution in [0.5, 0.6) is 0 Å². The molecule has 3 rings (SSSR count). The molecular weight excluding hydrogens is 386 g/mol. The Morgan fingerprint density at radius 2 is 1.83 bits per heavy atom. The van der Waals surface area contributed by atoms with Gasteiger partial charge in [0.15, 0.2) is 0 Å². The largest absolute Gasteiger partial charge is 0.371 e. The molecule has 1 heterocycles. The fourth-order valence-electron chi connectivity index (χ4n) is 3.41. The smallest absolute Gasteiger partial charge is 0.240 e. The molecule has 2 aromatic rings. The minimum atomic E-state index is -3.62. The maximum absolute atomic E-state index is 12.4. The van der Waals surface area contributed by atoms with Crippen LogP contribution < -0.4 is 14.9 Å². The summed E-state index contributed by atoms with van der Waals surface area (Å²) in [6.07, 6.45) is 1.27. The van der Waals surface area contributed by atoms with E-state index in [4.69, 9.17) is 0 Å². The number of anilines is 2. The van der Waals surface area contributed by atoms with Crippen molar-refractivity contribution in [3.8, 4) is 0 Å². The van der Waals surface area contributed by atoms with Gasteiger partial charge in [-0.25, -0.2) is 13.1 Å². The third-order valence-corrected chi connectivity index (χ3v) is 6.83. The molecule has 1 aliphatic heterocycles. The summed E-state index contributed by atoms with van der Waals surface area (Å²) in [5.74, 6) is 0.484. The quantitative estimate of drug-likeness (QED) is 0.726. The fourth-order valence-corrected chi connectivity index (χ4v) is 4.53. The number of nitrogens with one attached hydrogen (secondary N) is 2. The van der Waals surface area contributed by atoms with Gasteiger partial charge in [0.2, 0.25) is 15.9 Å². The SMILES string of the molecule is Cc1ccc(S(=O)(=O)NCCC(=O)Nc2ccc(N3CCC(C)C3)cc2)cc1C. The van der Waals surface area contributed by atoms with Crippen LogP contribution in [0, 0.1) is 19.8 Å². The molecule has 29 heavy (non-hydrogen) atoms. The van der Waals surface area contributed by atoms with E-state index in [0.717, 1.165) is 29.9 Å². The van der Waals surface area contributed by atoms with E-state index in [9.17, 15) is 13.2 Å². The molecule has 1 atom stereocenters. The second-order valence-corrected chi connectivity index (χ2v) is 9.60. The number of rotatable bonds is 7. The lowest BCUT2D eigenvalue weighted by atomic mass is 10.1. The van der Waals surface area contributed by atoms with Crippen molar-refractivity contribution in [2.75, 3.05) is 29.9 Å². The number of hydrogen-bond donors (Lipinski definition) is 2. The van der Waals surface area contributed by atoms with Crippen molar-refractivity contribution in [3.05, 3.63) is 53.6 Å². The Morgan fingerprint density at radius 3 is 2.45 bits per heavy atom. The third-order valence-electron chi connectivity index (χ3n) is 5.37. The van der Waals surface area contributed by atoms with Gasteiger partial charge in [-0.2, -0.15) is 0 Å². The zero-order valence-electron chi connectivity index (χ0n) is 17.2. The van der Waals surface area contributed by atoms with Gasteiger partial charge < -0.3 is 10.2 Å². The molecule has 1 unspecified atom stereocenters. The number of sulfonamides is 1. The van der Waals surface area contributed by atoms with Gasteiger partial charge in [-0.1, -0.05) is 13.0 Å². The number of amides is 1. The lowest BCUT2D eigenvalue weighted by molar-refractivity contribution is -0.116. The van der Waals surface area contributed by atoms with Gasteiger partial charge in [-0.15, -0.1) is 0 Å². The molecule has 1 saturated heterocycles. The average molecular weight is 416 g/mol. The molecule has 0 aromatic heterocycles. The average Bonchev–Trinajstić information content (AvgIpc) is 3.10. The highest BCUT2D eigenvalue weighted by atomic mass is 32.2. The summed E-state index contributed by atoms with van der Waals surface area (Å²) < 4.78 is 27.2. The van der Waals surface area contributed by atoms with E-state index < -0.39 is 10.0 Å². The summed E-state index contributed by atoms with van der Waals surface area (Å²) >= 11 is 0. The van der Waals surface area contributed by atoms with Gasteiger partial charge in [0.25, 0.3) is 0 Å². The Labute approximate surface area is 173 Å². The van der Waals surface area contributed by atoms with Crippen molar-refractivity contribution in [1.29, 1.82) is 0 Å². The summed E-state index contributed by atoms with van der Waals surface area (Å²) in [6.45, 7) is 8.23. The Hall–Kier alpha value is -2.38. The topological polar surface area (TPSA) is 78.5 Å². The van der Waals surface area contributed by atoms with Gasteiger partial charge >= 0.3 is 0 Å². The lowest BCUT2D eigenvalue weighted by Gasteiger charge is -2.18. The van der Waals surface area contributed by atoms with Crippen molar-refractivity contribution in [2.45, 2.75) is 38.5 Å². The number of aryl methyl sites for hydroxylation is 2. The van der Waals surface area contributed by atoms with Crippen molar-refractivity contribution in [3.63, 3.8) is 0 Å². The van der Waals surface area contributed by atoms with E-state index in [1.54, 1.807) is 18.2 Å². The Kier molecular flexibility index (Phi) is 6.59. The molecule has 1 aliphatic rings. The first kappa shape index (κ1) is 21.3. The molecule has 2 aromatic carbocycles. The highest BCUT2D eigenvalue weighted by Gasteiger charge is 2.19. The van der Waals surface area contributed by atoms with Crippen molar-refractivity contribution >= 4 is 27.3 Å². The van der Waals surface area contributed by atoms with Gasteiger partial charge in [0, 0.05) is 37.4 Å². The van der Waals surface area contributed by atoms with Crippen molar-refractivity contribution in [1.82, 2.24) is 4.72 Å². The van der Waals surface area contributed by atoms with E-state index in [-0.39, 0.29) is 23.8 Å². The first-order valence-corrected chi connectivity index (χ1v) is 11.4. The highest BCUT2D eigenvalue weighted by Crippen LogP contribution is 2.24. The highest BCUT2D eigenvalue weighted by molar-refractivity contribution is 7.89. The molecule has 0 saturated carbocycles. The summed E-state index contributed by atoms with van der Waals surface area (Å²) in [5, 5.41) is 2.82. The van der Waals surface area contributed by atoms with Crippen molar-refractivity contribution in [2.24, 2.45) is 5.92 Å². The molecule has 0 radical (unpaired) electrons. The number of benzene rings is 2. The van der Waals surface area contributed by atoms with Crippen LogP contribution in [0.25, 0.3) is 0 Å². The molecule has 6 nitrogen and oxygen atoms in total. The third kappa shape index (κ3) is 5.58. The van der Waals surface area contributed by atoms with E-state index in [2.05, 4.69) is 21.9 Å². The summed E-state index contributed by atoms with van der Waals surface area (Å²) in [7, 11) is -3.62. The first-order chi connectivity index (χ1) is 13.7. The zero-order valence-corrected chi connectivity index (χ0v) is 18.1. The van der Waals surface area contributed by atoms with Crippen LogP contribution in [0.4, 0.5) is 11.4 Å². The fraction of sp³-hybridized carbons (Fsp3) is 0.409. The monoisotopic (exact) mass is 415 g/mol. The van der Waals surface area contributed by atoms with Gasteiger partial charge in [-0.3, -0.25) is 4.79 Å². The molecule has 2 N–H and O–H groups in total. The molecule has 1 amide bonds. The van der Waals surface area contributed by atoms with Crippen LogP contribution in [0.2, 0.25) is 0 Å². The zero-order chi connectivity index (χ0) is 21.0. The molecule has 0 aliphatic carbocycles. The van der Waals surface area contributed by atoms with E-state index in [1.807, 2.05) is 38.1 Å². The summed E-state index contributed by atoms with van der Waals surface area (Å²) in [6, 6.07) is 12.8. The summed E-state index contributed by atoms with van der Waals surface area (Å²) in [5.41, 5.74) is 3.82. The van der Waals surface area contributed by atoms with Crippen LogP contribution in [0.1, 0.15) is 30.9 Å². The predicted molar refractivity (Wildman–Crippen MR) is 117 cm³/mol. The van der Waals surface area contributed by atoms with E-state index in [1.165, 1.54) is 6.42 Å². The van der Waals surface area contributed by atoms with Crippen LogP contribution >= 0.6 is 0 Å². The lowest BCUT2D eigenvalue weighted by Crippen LogP contribution is -2.28. The minimum Gasteiger partial charge on any atom is -0.371 e. The molecule has 0 spiro atoms. The minimum absolute atomic E-state index is 0.0465. The predicted octanol–water partition coefficient (Wildman–Crippen LogP) is 3.46. The second-order valence-electron chi connectivity index (χ2n) is 7.83. The van der Waals surface area contributed by atoms with E-state index in [0.29, 0.717) is 11.6 Å². The number of carbonyl (C=O) groups is 1. The number of nitrogens with zero attached hydrogens (tertiary/aromatic N) is 1. The van der Waals surface area contributed by atoms with Crippen LogP contribution in [0.3, 0.4) is 0 Å². The number of carbonyl (C=O) groups excluding carboxylic acids is 1. The molecule has 1 fully saturated rings. The Bertz CT molecular complexity index is 971. The Balaban J connectivity index is 1.49. The van der Waals surface area contributed by atoms with Crippen LogP contribution in [-0.2, 0) is 14.8 Å². The second kappa shape index (κ2) is 8.97. The van der Waals surface area contributed by atoms with Crippen LogP contribution in [0.15, 0.2) is 47.4 Å². The van der Waals surface area contributed by atoms with Gasteiger partial charge in [0.1, 0.15) is 0 Å². The molecular formula is C22H29N3O3S. The van der Waals surface area contributed by atoms with Gasteiger partial charge in [0.05, 0.1) is 4.90 Å².